The van der Waals surface area contributed by atoms with E-state index in [-0.39, 0.29) is 0 Å². The average molecular weight is 733 g/mol. The van der Waals surface area contributed by atoms with Gasteiger partial charge in [0.1, 0.15) is 23.2 Å². The lowest BCUT2D eigenvalue weighted by molar-refractivity contribution is 0.436. The molecular formula is C52H36N4O. The number of ether oxygens (including phenoxy) is 1. The molecule has 270 valence electrons. The predicted octanol–water partition coefficient (Wildman–Crippen LogP) is 11.6. The Bertz CT molecular complexity index is 2800. The first-order valence-corrected chi connectivity index (χ1v) is 19.3. The Kier molecular flexibility index (Phi) is 7.54. The molecule has 0 saturated carbocycles. The van der Waals surface area contributed by atoms with E-state index in [2.05, 4.69) is 151 Å². The minimum atomic E-state index is -0.601. The Hall–Kier alpha value is -7.50. The molecule has 0 unspecified atom stereocenters. The van der Waals surface area contributed by atoms with Gasteiger partial charge in [0.25, 0.3) is 0 Å². The number of hydrogen-bond acceptors (Lipinski definition) is 5. The van der Waals surface area contributed by atoms with Gasteiger partial charge in [0.15, 0.2) is 6.17 Å². The highest BCUT2D eigenvalue weighted by molar-refractivity contribution is 6.15. The van der Waals surface area contributed by atoms with Crippen molar-refractivity contribution in [1.82, 2.24) is 5.32 Å². The minimum absolute atomic E-state index is 0.394. The summed E-state index contributed by atoms with van der Waals surface area (Å²) in [4.78, 5) is 10.2. The first kappa shape index (κ1) is 32.9. The molecule has 0 aromatic heterocycles. The van der Waals surface area contributed by atoms with Gasteiger partial charge in [0.05, 0.1) is 5.41 Å². The number of nitrogens with zero attached hydrogens (tertiary/aromatic N) is 2. The Morgan fingerprint density at radius 2 is 0.860 bits per heavy atom. The predicted molar refractivity (Wildman–Crippen MR) is 231 cm³/mol. The second-order valence-electron chi connectivity index (χ2n) is 14.8. The van der Waals surface area contributed by atoms with Gasteiger partial charge in [-0.05, 0) is 86.5 Å². The average Bonchev–Trinajstić information content (AvgIpc) is 3.56. The van der Waals surface area contributed by atoms with Crippen LogP contribution in [0.15, 0.2) is 204 Å². The number of amidine groups is 2. The van der Waals surface area contributed by atoms with E-state index in [0.29, 0.717) is 0 Å². The van der Waals surface area contributed by atoms with Gasteiger partial charge in [0.2, 0.25) is 0 Å². The molecule has 0 atom stereocenters. The largest absolute Gasteiger partial charge is 0.457 e. The molecule has 8 aromatic carbocycles. The monoisotopic (exact) mass is 732 g/mol. The van der Waals surface area contributed by atoms with Gasteiger partial charge < -0.3 is 15.8 Å². The molecule has 0 saturated heterocycles. The molecule has 11 rings (SSSR count). The minimum Gasteiger partial charge on any atom is -0.457 e. The van der Waals surface area contributed by atoms with Crippen molar-refractivity contribution < 1.29 is 4.74 Å². The van der Waals surface area contributed by atoms with Crippen molar-refractivity contribution in [2.24, 2.45) is 9.98 Å². The lowest BCUT2D eigenvalue weighted by Gasteiger charge is -2.39. The van der Waals surface area contributed by atoms with Gasteiger partial charge >= 0.3 is 0 Å². The highest BCUT2D eigenvalue weighted by Gasteiger charge is 2.51. The summed E-state index contributed by atoms with van der Waals surface area (Å²) in [5.41, 5.74) is 21.1. The molecule has 1 spiro atoms. The van der Waals surface area contributed by atoms with Crippen LogP contribution in [0.1, 0.15) is 45.1 Å². The Morgan fingerprint density at radius 3 is 1.37 bits per heavy atom. The Balaban J connectivity index is 1.05. The maximum absolute atomic E-state index is 6.64. The van der Waals surface area contributed by atoms with Crippen molar-refractivity contribution in [2.45, 2.75) is 11.6 Å². The number of hydrogen-bond donors (Lipinski definition) is 2. The van der Waals surface area contributed by atoms with E-state index in [1.54, 1.807) is 0 Å². The van der Waals surface area contributed by atoms with E-state index >= 15 is 0 Å². The smallest absolute Gasteiger partial charge is 0.169 e. The van der Waals surface area contributed by atoms with Crippen LogP contribution in [0.5, 0.6) is 11.5 Å². The standard InChI is InChI=1S/C52H36N4O/c53-40-27-23-34(24-28-40)39-26-30-42-41-29-25-38(31-45(41)52(46(42)32-39)43-15-7-9-17-47(43)57-48-18-10-8-16-44(48)52)33-19-21-37(22-20-33)51-55-49(35-11-3-1-4-12-35)54-50(56-51)36-13-5-2-6-14-36/h1-32,51H,53H2,(H,54,55,56). The maximum Gasteiger partial charge on any atom is 0.169 e. The Morgan fingerprint density at radius 1 is 0.421 bits per heavy atom. The van der Waals surface area contributed by atoms with E-state index in [1.165, 1.54) is 22.3 Å². The van der Waals surface area contributed by atoms with Gasteiger partial charge in [-0.15, -0.1) is 0 Å². The van der Waals surface area contributed by atoms with E-state index in [0.717, 1.165) is 78.9 Å². The van der Waals surface area contributed by atoms with Crippen molar-refractivity contribution in [1.29, 1.82) is 0 Å². The molecule has 0 radical (unpaired) electrons. The van der Waals surface area contributed by atoms with Crippen molar-refractivity contribution in [3.63, 3.8) is 0 Å². The second-order valence-corrected chi connectivity index (χ2v) is 14.8. The zero-order valence-corrected chi connectivity index (χ0v) is 30.9. The van der Waals surface area contributed by atoms with Crippen molar-refractivity contribution in [3.05, 3.63) is 233 Å². The quantitative estimate of drug-likeness (QED) is 0.173. The summed E-state index contributed by atoms with van der Waals surface area (Å²) < 4.78 is 6.64. The molecular weight excluding hydrogens is 697 g/mol. The molecule has 2 aliphatic heterocycles. The van der Waals surface area contributed by atoms with Crippen molar-refractivity contribution in [3.8, 4) is 44.9 Å². The fraction of sp³-hybridized carbons (Fsp3) is 0.0385. The fourth-order valence-electron chi connectivity index (χ4n) is 8.87. The topological polar surface area (TPSA) is 72.0 Å². The van der Waals surface area contributed by atoms with Crippen LogP contribution < -0.4 is 15.8 Å². The summed E-state index contributed by atoms with van der Waals surface area (Å²) in [5, 5.41) is 3.50. The fourth-order valence-corrected chi connectivity index (χ4v) is 8.87. The van der Waals surface area contributed by atoms with Gasteiger partial charge in [-0.3, -0.25) is 0 Å². The zero-order valence-electron chi connectivity index (χ0n) is 30.9. The molecule has 2 heterocycles. The number of nitrogen functional groups attached to an aromatic ring is 1. The van der Waals surface area contributed by atoms with Gasteiger partial charge in [-0.25, -0.2) is 9.98 Å². The molecule has 1 aliphatic carbocycles. The number of nitrogens with two attached hydrogens (primary N) is 1. The maximum atomic E-state index is 6.64. The Labute approximate surface area is 331 Å². The van der Waals surface area contributed by atoms with Crippen LogP contribution in [-0.2, 0) is 5.41 Å². The first-order chi connectivity index (χ1) is 28.1. The first-order valence-electron chi connectivity index (χ1n) is 19.3. The van der Waals surface area contributed by atoms with Crippen LogP contribution in [-0.4, -0.2) is 11.7 Å². The van der Waals surface area contributed by atoms with E-state index in [4.69, 9.17) is 20.5 Å². The van der Waals surface area contributed by atoms with E-state index < -0.39 is 11.6 Å². The van der Waals surface area contributed by atoms with Crippen LogP contribution in [0.3, 0.4) is 0 Å². The van der Waals surface area contributed by atoms with Crippen LogP contribution in [0, 0.1) is 0 Å². The summed E-state index contributed by atoms with van der Waals surface area (Å²) in [6, 6.07) is 68.2. The summed E-state index contributed by atoms with van der Waals surface area (Å²) in [6.07, 6.45) is -0.394. The van der Waals surface area contributed by atoms with Crippen LogP contribution in [0.2, 0.25) is 0 Å². The lowest BCUT2D eigenvalue weighted by Crippen LogP contribution is -2.35. The zero-order chi connectivity index (χ0) is 37.9. The lowest BCUT2D eigenvalue weighted by atomic mass is 9.65. The van der Waals surface area contributed by atoms with E-state index in [1.807, 2.05) is 48.5 Å². The van der Waals surface area contributed by atoms with Crippen LogP contribution in [0.4, 0.5) is 5.69 Å². The molecule has 0 amide bonds. The highest BCUT2D eigenvalue weighted by atomic mass is 16.5. The third-order valence-corrected chi connectivity index (χ3v) is 11.6. The molecule has 0 bridgehead atoms. The summed E-state index contributed by atoms with van der Waals surface area (Å²) in [5.74, 6) is 3.35. The number of aliphatic imine (C=N–C) groups is 2. The van der Waals surface area contributed by atoms with Gasteiger partial charge in [-0.1, -0.05) is 158 Å². The molecule has 5 nitrogen and oxygen atoms in total. The third kappa shape index (κ3) is 5.31. The summed E-state index contributed by atoms with van der Waals surface area (Å²) in [7, 11) is 0. The highest BCUT2D eigenvalue weighted by Crippen LogP contribution is 2.62. The number of fused-ring (bicyclic) bond motifs is 9. The number of benzene rings is 8. The normalized spacial score (nSPS) is 14.6. The van der Waals surface area contributed by atoms with E-state index in [9.17, 15) is 0 Å². The number of para-hydroxylation sites is 2. The third-order valence-electron chi connectivity index (χ3n) is 11.6. The second kappa shape index (κ2) is 13.1. The van der Waals surface area contributed by atoms with Gasteiger partial charge in [0, 0.05) is 27.9 Å². The van der Waals surface area contributed by atoms with Crippen molar-refractivity contribution in [2.75, 3.05) is 5.73 Å². The summed E-state index contributed by atoms with van der Waals surface area (Å²) in [6.45, 7) is 0. The van der Waals surface area contributed by atoms with Crippen LogP contribution in [0.25, 0.3) is 33.4 Å². The molecule has 0 fully saturated rings. The molecule has 3 N–H and O–H groups in total. The molecule has 57 heavy (non-hydrogen) atoms. The molecule has 8 aromatic rings. The number of nitrogens with one attached hydrogen (secondary N) is 1. The number of anilines is 1. The summed E-state index contributed by atoms with van der Waals surface area (Å²) >= 11 is 0. The molecule has 3 aliphatic rings. The molecule has 5 heteroatoms. The van der Waals surface area contributed by atoms with Gasteiger partial charge in [-0.2, -0.15) is 0 Å². The SMILES string of the molecule is Nc1ccc(-c2ccc3c(c2)C2(c4ccccc4Oc4ccccc42)c2cc(-c4ccc(C5N=C(c6ccccc6)NC(c6ccccc6)=N5)cc4)ccc2-3)cc1. The van der Waals surface area contributed by atoms with Crippen molar-refractivity contribution >= 4 is 17.4 Å². The van der Waals surface area contributed by atoms with Crippen LogP contribution >= 0.6 is 0 Å². The number of rotatable bonds is 5.